The van der Waals surface area contributed by atoms with Gasteiger partial charge in [0.1, 0.15) is 5.75 Å². The molecule has 6 heteroatoms. The van der Waals surface area contributed by atoms with Crippen molar-refractivity contribution in [1.29, 1.82) is 0 Å². The number of Topliss-reactive ketones (excluding diaryl/α,β-unsaturated/α-hetero) is 1. The number of ether oxygens (including phenoxy) is 2. The highest BCUT2D eigenvalue weighted by Gasteiger charge is 2.10. The molecular weight excluding hydrogens is 270 g/mol. The Morgan fingerprint density at radius 3 is 2.32 bits per heavy atom. The number of rotatable bonds is 6. The second kappa shape index (κ2) is 8.50. The van der Waals surface area contributed by atoms with Gasteiger partial charge in [-0.2, -0.15) is 0 Å². The number of hydrogen-bond donors (Lipinski definition) is 1. The third-order valence-corrected chi connectivity index (χ3v) is 2.21. The minimum absolute atomic E-state index is 0. The molecule has 0 saturated carbocycles. The molecule has 0 aromatic heterocycles. The maximum Gasteiger partial charge on any atom is 0.344 e. The number of carbonyl (C=O) groups excluding carboxylic acids is 2. The van der Waals surface area contributed by atoms with E-state index in [1.807, 2.05) is 0 Å². The molecule has 19 heavy (non-hydrogen) atoms. The lowest BCUT2D eigenvalue weighted by molar-refractivity contribution is -0.145. The maximum atomic E-state index is 11.6. The zero-order valence-electron chi connectivity index (χ0n) is 10.9. The van der Waals surface area contributed by atoms with Crippen molar-refractivity contribution in [1.82, 2.24) is 0 Å². The first-order valence-corrected chi connectivity index (χ1v) is 5.73. The molecule has 0 aliphatic carbocycles. The predicted molar refractivity (Wildman–Crippen MR) is 73.8 cm³/mol. The molecule has 0 fully saturated rings. The Kier molecular flexibility index (Phi) is 7.79. The number of ketones is 1. The zero-order valence-corrected chi connectivity index (χ0v) is 11.7. The molecule has 0 radical (unpaired) electrons. The Balaban J connectivity index is 0.00000324. The van der Waals surface area contributed by atoms with Crippen molar-refractivity contribution in [3.8, 4) is 5.75 Å². The van der Waals surface area contributed by atoms with Crippen LogP contribution in [0.25, 0.3) is 0 Å². The van der Waals surface area contributed by atoms with Crippen molar-refractivity contribution >= 4 is 24.2 Å². The van der Waals surface area contributed by atoms with Crippen LogP contribution in [-0.4, -0.2) is 31.0 Å². The van der Waals surface area contributed by atoms with E-state index in [-0.39, 0.29) is 24.8 Å². The molecule has 0 saturated heterocycles. The smallest absolute Gasteiger partial charge is 0.344 e. The highest BCUT2D eigenvalue weighted by molar-refractivity contribution is 5.99. The van der Waals surface area contributed by atoms with E-state index in [0.29, 0.717) is 17.9 Å². The largest absolute Gasteiger partial charge is 0.482 e. The van der Waals surface area contributed by atoms with E-state index in [0.717, 1.165) is 0 Å². The normalized spacial score (nSPS) is 11.1. The Labute approximate surface area is 118 Å². The lowest BCUT2D eigenvalue weighted by Crippen LogP contribution is -2.26. The van der Waals surface area contributed by atoms with Gasteiger partial charge in [-0.1, -0.05) is 0 Å². The summed E-state index contributed by atoms with van der Waals surface area (Å²) in [6.45, 7) is 3.54. The highest BCUT2D eigenvalue weighted by Crippen LogP contribution is 2.13. The van der Waals surface area contributed by atoms with E-state index in [2.05, 4.69) is 0 Å². The molecule has 0 bridgehead atoms. The van der Waals surface area contributed by atoms with Crippen LogP contribution in [0, 0.1) is 0 Å². The molecule has 5 nitrogen and oxygen atoms in total. The molecule has 2 N–H and O–H groups in total. The quantitative estimate of drug-likeness (QED) is 0.635. The fourth-order valence-electron chi connectivity index (χ4n) is 1.32. The van der Waals surface area contributed by atoms with Crippen LogP contribution in [0.15, 0.2) is 24.3 Å². The molecular formula is C13H18ClNO4. The summed E-state index contributed by atoms with van der Waals surface area (Å²) in [5.41, 5.74) is 6.02. The standard InChI is InChI=1S/C13H17NO4.ClH/c1-3-17-12(15)8-18-11-6-4-10(5-7-11)13(16)9(2)14;/h4-7,9H,3,8,14H2,1-2H3;1H/t9-;/m0./s1. The molecule has 0 heterocycles. The highest BCUT2D eigenvalue weighted by atomic mass is 35.5. The minimum Gasteiger partial charge on any atom is -0.482 e. The van der Waals surface area contributed by atoms with Crippen LogP contribution in [0.3, 0.4) is 0 Å². The van der Waals surface area contributed by atoms with Crippen molar-refractivity contribution in [2.75, 3.05) is 13.2 Å². The van der Waals surface area contributed by atoms with Crippen molar-refractivity contribution in [3.63, 3.8) is 0 Å². The van der Waals surface area contributed by atoms with E-state index in [4.69, 9.17) is 15.2 Å². The van der Waals surface area contributed by atoms with Gasteiger partial charge in [-0.05, 0) is 38.1 Å². The molecule has 1 aromatic carbocycles. The molecule has 1 aromatic rings. The first kappa shape index (κ1) is 17.4. The monoisotopic (exact) mass is 287 g/mol. The third-order valence-electron chi connectivity index (χ3n) is 2.21. The Morgan fingerprint density at radius 2 is 1.84 bits per heavy atom. The van der Waals surface area contributed by atoms with Gasteiger partial charge < -0.3 is 15.2 Å². The average molecular weight is 288 g/mol. The van der Waals surface area contributed by atoms with Gasteiger partial charge in [0.2, 0.25) is 0 Å². The molecule has 0 spiro atoms. The Bertz CT molecular complexity index is 417. The van der Waals surface area contributed by atoms with E-state index >= 15 is 0 Å². The minimum atomic E-state index is -0.531. The topological polar surface area (TPSA) is 78.6 Å². The fourth-order valence-corrected chi connectivity index (χ4v) is 1.32. The second-order valence-corrected chi connectivity index (χ2v) is 3.77. The van der Waals surface area contributed by atoms with E-state index in [1.54, 1.807) is 38.1 Å². The average Bonchev–Trinajstić information content (AvgIpc) is 2.36. The second-order valence-electron chi connectivity index (χ2n) is 3.77. The summed E-state index contributed by atoms with van der Waals surface area (Å²) in [5, 5.41) is 0. The molecule has 0 unspecified atom stereocenters. The van der Waals surface area contributed by atoms with Crippen LogP contribution in [0.1, 0.15) is 24.2 Å². The Hall–Kier alpha value is -1.59. The van der Waals surface area contributed by atoms with Crippen LogP contribution in [0.5, 0.6) is 5.75 Å². The van der Waals surface area contributed by atoms with Crippen LogP contribution >= 0.6 is 12.4 Å². The van der Waals surface area contributed by atoms with Gasteiger partial charge in [-0.3, -0.25) is 4.79 Å². The van der Waals surface area contributed by atoms with Crippen molar-refractivity contribution in [2.24, 2.45) is 5.73 Å². The third kappa shape index (κ3) is 5.72. The van der Waals surface area contributed by atoms with E-state index in [1.165, 1.54) is 0 Å². The molecule has 106 valence electrons. The summed E-state index contributed by atoms with van der Waals surface area (Å²) in [7, 11) is 0. The first-order valence-electron chi connectivity index (χ1n) is 5.73. The zero-order chi connectivity index (χ0) is 13.5. The van der Waals surface area contributed by atoms with Crippen LogP contribution < -0.4 is 10.5 Å². The van der Waals surface area contributed by atoms with Gasteiger partial charge in [0.15, 0.2) is 12.4 Å². The van der Waals surface area contributed by atoms with Gasteiger partial charge >= 0.3 is 5.97 Å². The molecule has 0 aliphatic heterocycles. The summed E-state index contributed by atoms with van der Waals surface area (Å²) < 4.78 is 9.92. The van der Waals surface area contributed by atoms with E-state index < -0.39 is 12.0 Å². The summed E-state index contributed by atoms with van der Waals surface area (Å²) in [6, 6.07) is 5.94. The van der Waals surface area contributed by atoms with Gasteiger partial charge in [-0.25, -0.2) is 4.79 Å². The number of nitrogens with two attached hydrogens (primary N) is 1. The van der Waals surface area contributed by atoms with E-state index in [9.17, 15) is 9.59 Å². The van der Waals surface area contributed by atoms with Gasteiger partial charge in [0.05, 0.1) is 12.6 Å². The number of esters is 1. The predicted octanol–water partition coefficient (Wildman–Crippen LogP) is 1.58. The number of carbonyl (C=O) groups is 2. The van der Waals surface area contributed by atoms with Crippen LogP contribution in [-0.2, 0) is 9.53 Å². The molecule has 0 amide bonds. The molecule has 0 aliphatic rings. The summed E-state index contributed by atoms with van der Waals surface area (Å²) in [5.74, 6) is -0.0514. The fraction of sp³-hybridized carbons (Fsp3) is 0.385. The Morgan fingerprint density at radius 1 is 1.26 bits per heavy atom. The number of benzene rings is 1. The first-order chi connectivity index (χ1) is 8.54. The number of halogens is 1. The van der Waals surface area contributed by atoms with Gasteiger partial charge in [0.25, 0.3) is 0 Å². The summed E-state index contributed by atoms with van der Waals surface area (Å²) in [4.78, 5) is 22.6. The van der Waals surface area contributed by atoms with Crippen LogP contribution in [0.2, 0.25) is 0 Å². The summed E-state index contributed by atoms with van der Waals surface area (Å²) in [6.07, 6.45) is 0. The maximum absolute atomic E-state index is 11.6. The SMILES string of the molecule is CCOC(=O)COc1ccc(C(=O)[C@H](C)N)cc1.Cl. The lowest BCUT2D eigenvalue weighted by atomic mass is 10.1. The molecule has 1 atom stereocenters. The van der Waals surface area contributed by atoms with Crippen LogP contribution in [0.4, 0.5) is 0 Å². The van der Waals surface area contributed by atoms with Gasteiger partial charge in [0, 0.05) is 5.56 Å². The lowest BCUT2D eigenvalue weighted by Gasteiger charge is -2.07. The molecule has 1 rings (SSSR count). The van der Waals surface area contributed by atoms with Crippen molar-refractivity contribution < 1.29 is 19.1 Å². The van der Waals surface area contributed by atoms with Crippen molar-refractivity contribution in [3.05, 3.63) is 29.8 Å². The van der Waals surface area contributed by atoms with Gasteiger partial charge in [-0.15, -0.1) is 12.4 Å². The summed E-state index contributed by atoms with van der Waals surface area (Å²) >= 11 is 0. The number of hydrogen-bond acceptors (Lipinski definition) is 5. The van der Waals surface area contributed by atoms with Crippen molar-refractivity contribution in [2.45, 2.75) is 19.9 Å².